The van der Waals surface area contributed by atoms with Gasteiger partial charge in [0.05, 0.1) is 18.3 Å². The summed E-state index contributed by atoms with van der Waals surface area (Å²) in [6.07, 6.45) is 9.55. The van der Waals surface area contributed by atoms with E-state index in [2.05, 4.69) is 25.3 Å². The molecule has 4 aromatic rings. The SMILES string of the molecule is O=C(Cc1cc2cc(-c3cncc(F)c3)ncc2cn1)c1coc(C2CCNCC2)n1. The minimum atomic E-state index is -0.420. The number of nitrogens with one attached hydrogen (secondary N) is 1. The number of halogens is 1. The zero-order chi connectivity index (χ0) is 21.2. The lowest BCUT2D eigenvalue weighted by molar-refractivity contribution is 0.0987. The molecule has 0 aliphatic carbocycles. The molecule has 156 valence electrons. The molecule has 0 unspecified atom stereocenters. The first-order chi connectivity index (χ1) is 15.2. The highest BCUT2D eigenvalue weighted by atomic mass is 19.1. The third-order valence-electron chi connectivity index (χ3n) is 5.50. The molecule has 4 aromatic heterocycles. The van der Waals surface area contributed by atoms with E-state index in [0.717, 1.165) is 42.9 Å². The first-order valence-electron chi connectivity index (χ1n) is 10.2. The number of carbonyl (C=O) groups is 1. The van der Waals surface area contributed by atoms with Crippen LogP contribution in [-0.4, -0.2) is 38.8 Å². The van der Waals surface area contributed by atoms with E-state index >= 15 is 0 Å². The van der Waals surface area contributed by atoms with E-state index in [0.29, 0.717) is 28.5 Å². The van der Waals surface area contributed by atoms with Crippen molar-refractivity contribution in [2.45, 2.75) is 25.2 Å². The van der Waals surface area contributed by atoms with Crippen LogP contribution >= 0.6 is 0 Å². The van der Waals surface area contributed by atoms with Crippen LogP contribution in [0.15, 0.2) is 53.7 Å². The maximum Gasteiger partial charge on any atom is 0.197 e. The molecule has 0 amide bonds. The van der Waals surface area contributed by atoms with Crippen LogP contribution < -0.4 is 5.32 Å². The molecule has 5 heterocycles. The van der Waals surface area contributed by atoms with E-state index in [-0.39, 0.29) is 18.1 Å². The maximum atomic E-state index is 13.5. The van der Waals surface area contributed by atoms with Gasteiger partial charge in [-0.1, -0.05) is 0 Å². The summed E-state index contributed by atoms with van der Waals surface area (Å²) >= 11 is 0. The van der Waals surface area contributed by atoms with Crippen molar-refractivity contribution in [3.8, 4) is 11.3 Å². The van der Waals surface area contributed by atoms with Gasteiger partial charge in [-0.2, -0.15) is 0 Å². The second-order valence-corrected chi connectivity index (χ2v) is 7.68. The quantitative estimate of drug-likeness (QED) is 0.495. The third-order valence-corrected chi connectivity index (χ3v) is 5.50. The molecule has 1 fully saturated rings. The van der Waals surface area contributed by atoms with Crippen molar-refractivity contribution >= 4 is 16.6 Å². The average Bonchev–Trinajstić information content (AvgIpc) is 3.30. The monoisotopic (exact) mass is 417 g/mol. The molecule has 1 aliphatic heterocycles. The Labute approximate surface area is 177 Å². The summed E-state index contributed by atoms with van der Waals surface area (Å²) in [5.41, 5.74) is 2.14. The molecule has 5 rings (SSSR count). The van der Waals surface area contributed by atoms with Crippen molar-refractivity contribution in [2.75, 3.05) is 13.1 Å². The second kappa shape index (κ2) is 8.31. The van der Waals surface area contributed by atoms with Crippen molar-refractivity contribution in [1.82, 2.24) is 25.3 Å². The minimum Gasteiger partial charge on any atom is -0.448 e. The molecule has 0 radical (unpaired) electrons. The average molecular weight is 417 g/mol. The number of fused-ring (bicyclic) bond motifs is 1. The Morgan fingerprint density at radius 3 is 2.74 bits per heavy atom. The van der Waals surface area contributed by atoms with Gasteiger partial charge in [-0.25, -0.2) is 9.37 Å². The van der Waals surface area contributed by atoms with Crippen molar-refractivity contribution in [2.24, 2.45) is 0 Å². The molecule has 0 spiro atoms. The first-order valence-corrected chi connectivity index (χ1v) is 10.2. The molecule has 0 atom stereocenters. The van der Waals surface area contributed by atoms with Crippen molar-refractivity contribution in [3.05, 3.63) is 72.3 Å². The van der Waals surface area contributed by atoms with E-state index in [1.165, 1.54) is 12.3 Å². The van der Waals surface area contributed by atoms with Gasteiger partial charge in [-0.15, -0.1) is 0 Å². The Morgan fingerprint density at radius 2 is 1.90 bits per heavy atom. The molecular weight excluding hydrogens is 397 g/mol. The summed E-state index contributed by atoms with van der Waals surface area (Å²) in [6, 6.07) is 5.07. The minimum absolute atomic E-state index is 0.118. The largest absolute Gasteiger partial charge is 0.448 e. The van der Waals surface area contributed by atoms with E-state index in [1.807, 2.05) is 12.1 Å². The van der Waals surface area contributed by atoms with Crippen LogP contribution in [0.3, 0.4) is 0 Å². The lowest BCUT2D eigenvalue weighted by atomic mass is 9.98. The van der Waals surface area contributed by atoms with Gasteiger partial charge in [0.25, 0.3) is 0 Å². The summed E-state index contributed by atoms with van der Waals surface area (Å²) < 4.78 is 19.1. The van der Waals surface area contributed by atoms with E-state index in [4.69, 9.17) is 4.42 Å². The molecule has 1 N–H and O–H groups in total. The molecule has 8 heteroatoms. The number of piperidine rings is 1. The lowest BCUT2D eigenvalue weighted by Crippen LogP contribution is -2.26. The van der Waals surface area contributed by atoms with Crippen LogP contribution in [-0.2, 0) is 6.42 Å². The Balaban J connectivity index is 1.36. The molecular formula is C23H20FN5O2. The summed E-state index contributed by atoms with van der Waals surface area (Å²) in [5.74, 6) is 0.330. The Kier molecular flexibility index (Phi) is 5.21. The Bertz CT molecular complexity index is 1250. The van der Waals surface area contributed by atoms with E-state index in [9.17, 15) is 9.18 Å². The van der Waals surface area contributed by atoms with Gasteiger partial charge >= 0.3 is 0 Å². The van der Waals surface area contributed by atoms with Crippen LogP contribution in [0, 0.1) is 5.82 Å². The topological polar surface area (TPSA) is 93.8 Å². The first kappa shape index (κ1) is 19.4. The Hall–Kier alpha value is -3.52. The van der Waals surface area contributed by atoms with Crippen molar-refractivity contribution < 1.29 is 13.6 Å². The number of hydrogen-bond donors (Lipinski definition) is 1. The van der Waals surface area contributed by atoms with Gasteiger partial charge in [0.1, 0.15) is 17.8 Å². The number of nitrogens with zero attached hydrogens (tertiary/aromatic N) is 4. The van der Waals surface area contributed by atoms with Crippen LogP contribution in [0.1, 0.15) is 40.8 Å². The number of carbonyl (C=O) groups excluding carboxylic acids is 1. The molecule has 0 saturated carbocycles. The molecule has 7 nitrogen and oxygen atoms in total. The lowest BCUT2D eigenvalue weighted by Gasteiger charge is -2.19. The van der Waals surface area contributed by atoms with E-state index in [1.54, 1.807) is 18.6 Å². The summed E-state index contributed by atoms with van der Waals surface area (Å²) in [6.45, 7) is 1.86. The number of rotatable bonds is 5. The molecule has 0 bridgehead atoms. The van der Waals surface area contributed by atoms with Gasteiger partial charge < -0.3 is 9.73 Å². The highest BCUT2D eigenvalue weighted by Gasteiger charge is 2.22. The third kappa shape index (κ3) is 4.20. The van der Waals surface area contributed by atoms with Gasteiger partial charge in [0.2, 0.25) is 0 Å². The summed E-state index contributed by atoms with van der Waals surface area (Å²) in [7, 11) is 0. The standard InChI is InChI=1S/C23H20FN5O2/c24-18-5-16(9-26-12-18)20-7-15-6-19(27-10-17(15)11-28-20)8-22(30)21-13-31-23(29-21)14-1-3-25-4-2-14/h5-7,9-14,25H,1-4,8H2. The maximum absolute atomic E-state index is 13.5. The van der Waals surface area contributed by atoms with Crippen LogP contribution in [0.5, 0.6) is 0 Å². The normalized spacial score (nSPS) is 14.7. The van der Waals surface area contributed by atoms with Gasteiger partial charge in [-0.05, 0) is 49.5 Å². The summed E-state index contributed by atoms with van der Waals surface area (Å²) in [5, 5.41) is 5.00. The fourth-order valence-corrected chi connectivity index (χ4v) is 3.82. The van der Waals surface area contributed by atoms with Gasteiger partial charge in [0, 0.05) is 41.2 Å². The number of hydrogen-bond acceptors (Lipinski definition) is 7. The molecule has 0 aromatic carbocycles. The van der Waals surface area contributed by atoms with Crippen molar-refractivity contribution in [3.63, 3.8) is 0 Å². The number of aromatic nitrogens is 4. The number of ketones is 1. The highest BCUT2D eigenvalue weighted by molar-refractivity contribution is 5.96. The predicted octanol–water partition coefficient (Wildman–Crippen LogP) is 3.71. The van der Waals surface area contributed by atoms with E-state index < -0.39 is 5.82 Å². The smallest absolute Gasteiger partial charge is 0.197 e. The molecule has 31 heavy (non-hydrogen) atoms. The highest BCUT2D eigenvalue weighted by Crippen LogP contribution is 2.25. The number of pyridine rings is 3. The van der Waals surface area contributed by atoms with Gasteiger partial charge in [0.15, 0.2) is 11.7 Å². The second-order valence-electron chi connectivity index (χ2n) is 7.68. The summed E-state index contributed by atoms with van der Waals surface area (Å²) in [4.78, 5) is 29.8. The van der Waals surface area contributed by atoms with Crippen LogP contribution in [0.4, 0.5) is 4.39 Å². The zero-order valence-electron chi connectivity index (χ0n) is 16.7. The molecule has 1 aliphatic rings. The number of Topliss-reactive ketones (excluding diaryl/α,β-unsaturated/α-hetero) is 1. The fraction of sp³-hybridized carbons (Fsp3) is 0.261. The van der Waals surface area contributed by atoms with Gasteiger partial charge in [-0.3, -0.25) is 19.7 Å². The number of oxazole rings is 1. The van der Waals surface area contributed by atoms with Crippen LogP contribution in [0.25, 0.3) is 22.0 Å². The zero-order valence-corrected chi connectivity index (χ0v) is 16.7. The predicted molar refractivity (Wildman–Crippen MR) is 112 cm³/mol. The van der Waals surface area contributed by atoms with Crippen molar-refractivity contribution in [1.29, 1.82) is 0 Å². The fourth-order valence-electron chi connectivity index (χ4n) is 3.82. The van der Waals surface area contributed by atoms with Crippen LogP contribution in [0.2, 0.25) is 0 Å². The Morgan fingerprint density at radius 1 is 1.06 bits per heavy atom. The molecule has 1 saturated heterocycles.